The van der Waals surface area contributed by atoms with Crippen LogP contribution >= 0.6 is 0 Å². The average Bonchev–Trinajstić information content (AvgIpc) is 2.27. The molecule has 0 saturated carbocycles. The number of aryl methyl sites for hydroxylation is 1. The van der Waals surface area contributed by atoms with E-state index in [1.54, 1.807) is 12.4 Å². The zero-order valence-corrected chi connectivity index (χ0v) is 9.72. The summed E-state index contributed by atoms with van der Waals surface area (Å²) in [5.74, 6) is 1.42. The van der Waals surface area contributed by atoms with Crippen molar-refractivity contribution < 1.29 is 0 Å². The van der Waals surface area contributed by atoms with Gasteiger partial charge >= 0.3 is 0 Å². The zero-order valence-electron chi connectivity index (χ0n) is 9.72. The maximum atomic E-state index is 4.65. The molecule has 1 aliphatic rings. The third-order valence-corrected chi connectivity index (χ3v) is 2.99. The van der Waals surface area contributed by atoms with Crippen molar-refractivity contribution in [2.45, 2.75) is 12.8 Å². The fourth-order valence-electron chi connectivity index (χ4n) is 1.92. The van der Waals surface area contributed by atoms with Gasteiger partial charge in [0.05, 0.1) is 5.69 Å². The Bertz CT molecular complexity index is 520. The highest BCUT2D eigenvalue weighted by Crippen LogP contribution is 2.21. The molecule has 1 fully saturated rings. The topological polar surface area (TPSA) is 50.7 Å². The molecule has 0 bridgehead atoms. The van der Waals surface area contributed by atoms with E-state index in [0.717, 1.165) is 35.9 Å². The van der Waals surface area contributed by atoms with Crippen LogP contribution in [-0.2, 0) is 0 Å². The van der Waals surface area contributed by atoms with E-state index in [-0.39, 0.29) is 0 Å². The number of nitrogens with zero attached hydrogens (tertiary/aromatic N) is 3. The number of rotatable bonds is 2. The van der Waals surface area contributed by atoms with Crippen molar-refractivity contribution in [3.63, 3.8) is 0 Å². The maximum absolute atomic E-state index is 4.65. The smallest absolute Gasteiger partial charge is 0.134 e. The van der Waals surface area contributed by atoms with Crippen LogP contribution in [0.3, 0.4) is 0 Å². The molecule has 17 heavy (non-hydrogen) atoms. The maximum Gasteiger partial charge on any atom is 0.134 e. The first-order chi connectivity index (χ1) is 8.33. The molecular weight excluding hydrogens is 212 g/mol. The Labute approximate surface area is 100 Å². The molecule has 0 aromatic carbocycles. The summed E-state index contributed by atoms with van der Waals surface area (Å²) in [4.78, 5) is 13.2. The molecule has 1 aliphatic heterocycles. The molecule has 0 aliphatic carbocycles. The van der Waals surface area contributed by atoms with Gasteiger partial charge in [0.15, 0.2) is 0 Å². The molecule has 86 valence electrons. The first kappa shape index (κ1) is 10.4. The van der Waals surface area contributed by atoms with E-state index in [9.17, 15) is 0 Å². The SMILES string of the molecule is Cc1cc(-c2ccncc2)nc(C2CNC2)n1. The molecule has 1 N–H and O–H groups in total. The van der Waals surface area contributed by atoms with Gasteiger partial charge in [-0.05, 0) is 25.1 Å². The highest BCUT2D eigenvalue weighted by molar-refractivity contribution is 5.58. The predicted molar refractivity (Wildman–Crippen MR) is 65.6 cm³/mol. The lowest BCUT2D eigenvalue weighted by atomic mass is 10.0. The Morgan fingerprint density at radius 1 is 1.18 bits per heavy atom. The second-order valence-electron chi connectivity index (χ2n) is 4.34. The van der Waals surface area contributed by atoms with Gasteiger partial charge in [0.25, 0.3) is 0 Å². The van der Waals surface area contributed by atoms with Crippen molar-refractivity contribution in [2.24, 2.45) is 0 Å². The van der Waals surface area contributed by atoms with E-state index in [1.165, 1.54) is 0 Å². The highest BCUT2D eigenvalue weighted by Gasteiger charge is 2.22. The van der Waals surface area contributed by atoms with Gasteiger partial charge in [0.2, 0.25) is 0 Å². The molecule has 3 heterocycles. The molecule has 3 rings (SSSR count). The first-order valence-electron chi connectivity index (χ1n) is 5.79. The van der Waals surface area contributed by atoms with Gasteiger partial charge in [-0.25, -0.2) is 9.97 Å². The minimum atomic E-state index is 0.468. The van der Waals surface area contributed by atoms with Gasteiger partial charge < -0.3 is 5.32 Å². The van der Waals surface area contributed by atoms with Gasteiger partial charge in [-0.3, -0.25) is 4.98 Å². The molecule has 0 spiro atoms. The molecular formula is C13H14N4. The Balaban J connectivity index is 2.02. The summed E-state index contributed by atoms with van der Waals surface area (Å²) in [6, 6.07) is 5.97. The summed E-state index contributed by atoms with van der Waals surface area (Å²) in [6.07, 6.45) is 3.58. The minimum absolute atomic E-state index is 0.468. The lowest BCUT2D eigenvalue weighted by Gasteiger charge is -2.26. The number of pyridine rings is 1. The minimum Gasteiger partial charge on any atom is -0.315 e. The monoisotopic (exact) mass is 226 g/mol. The lowest BCUT2D eigenvalue weighted by molar-refractivity contribution is 0.429. The third-order valence-electron chi connectivity index (χ3n) is 2.99. The van der Waals surface area contributed by atoms with E-state index < -0.39 is 0 Å². The van der Waals surface area contributed by atoms with Gasteiger partial charge in [-0.15, -0.1) is 0 Å². The van der Waals surface area contributed by atoms with E-state index in [4.69, 9.17) is 0 Å². The van der Waals surface area contributed by atoms with E-state index in [0.29, 0.717) is 5.92 Å². The van der Waals surface area contributed by atoms with E-state index in [2.05, 4.69) is 20.3 Å². The van der Waals surface area contributed by atoms with Crippen LogP contribution in [0.15, 0.2) is 30.6 Å². The van der Waals surface area contributed by atoms with Crippen LogP contribution in [0.1, 0.15) is 17.4 Å². The predicted octanol–water partition coefficient (Wildman–Crippen LogP) is 1.53. The molecule has 2 aromatic rings. The number of aromatic nitrogens is 3. The average molecular weight is 226 g/mol. The number of hydrogen-bond donors (Lipinski definition) is 1. The molecule has 2 aromatic heterocycles. The van der Waals surface area contributed by atoms with Crippen LogP contribution < -0.4 is 5.32 Å². The summed E-state index contributed by atoms with van der Waals surface area (Å²) in [5, 5.41) is 3.25. The van der Waals surface area contributed by atoms with Crippen LogP contribution in [0.4, 0.5) is 0 Å². The largest absolute Gasteiger partial charge is 0.315 e. The standard InChI is InChI=1S/C13H14N4/c1-9-6-12(10-2-4-14-5-3-10)17-13(16-9)11-7-15-8-11/h2-6,11,15H,7-8H2,1H3. The Morgan fingerprint density at radius 3 is 2.59 bits per heavy atom. The van der Waals surface area contributed by atoms with Crippen molar-refractivity contribution in [3.05, 3.63) is 42.1 Å². The summed E-state index contributed by atoms with van der Waals surface area (Å²) in [6.45, 7) is 3.99. The van der Waals surface area contributed by atoms with Gasteiger partial charge in [0.1, 0.15) is 5.82 Å². The second kappa shape index (κ2) is 4.22. The van der Waals surface area contributed by atoms with Crippen molar-refractivity contribution in [1.82, 2.24) is 20.3 Å². The van der Waals surface area contributed by atoms with Crippen molar-refractivity contribution >= 4 is 0 Å². The fourth-order valence-corrected chi connectivity index (χ4v) is 1.92. The van der Waals surface area contributed by atoms with Crippen molar-refractivity contribution in [2.75, 3.05) is 13.1 Å². The number of hydrogen-bond acceptors (Lipinski definition) is 4. The normalized spacial score (nSPS) is 15.6. The molecule has 0 amide bonds. The molecule has 4 heteroatoms. The molecule has 1 saturated heterocycles. The fraction of sp³-hybridized carbons (Fsp3) is 0.308. The summed E-state index contributed by atoms with van der Waals surface area (Å²) < 4.78 is 0. The van der Waals surface area contributed by atoms with Crippen LogP contribution in [-0.4, -0.2) is 28.0 Å². The van der Waals surface area contributed by atoms with Gasteiger partial charge in [0, 0.05) is 42.7 Å². The summed E-state index contributed by atoms with van der Waals surface area (Å²) in [5.41, 5.74) is 3.11. The van der Waals surface area contributed by atoms with Gasteiger partial charge in [-0.1, -0.05) is 0 Å². The zero-order chi connectivity index (χ0) is 11.7. The van der Waals surface area contributed by atoms with Crippen LogP contribution in [0.2, 0.25) is 0 Å². The van der Waals surface area contributed by atoms with E-state index >= 15 is 0 Å². The Kier molecular flexibility index (Phi) is 2.57. The Hall–Kier alpha value is -1.81. The molecule has 4 nitrogen and oxygen atoms in total. The summed E-state index contributed by atoms with van der Waals surface area (Å²) >= 11 is 0. The van der Waals surface area contributed by atoms with Crippen LogP contribution in [0.25, 0.3) is 11.3 Å². The lowest BCUT2D eigenvalue weighted by Crippen LogP contribution is -2.41. The molecule has 0 unspecified atom stereocenters. The quantitative estimate of drug-likeness (QED) is 0.843. The second-order valence-corrected chi connectivity index (χ2v) is 4.34. The van der Waals surface area contributed by atoms with Crippen LogP contribution in [0.5, 0.6) is 0 Å². The van der Waals surface area contributed by atoms with E-state index in [1.807, 2.05) is 25.1 Å². The van der Waals surface area contributed by atoms with Gasteiger partial charge in [-0.2, -0.15) is 0 Å². The summed E-state index contributed by atoms with van der Waals surface area (Å²) in [7, 11) is 0. The van der Waals surface area contributed by atoms with Crippen molar-refractivity contribution in [1.29, 1.82) is 0 Å². The first-order valence-corrected chi connectivity index (χ1v) is 5.79. The molecule has 0 radical (unpaired) electrons. The van der Waals surface area contributed by atoms with Crippen LogP contribution in [0, 0.1) is 6.92 Å². The van der Waals surface area contributed by atoms with Crippen molar-refractivity contribution in [3.8, 4) is 11.3 Å². The Morgan fingerprint density at radius 2 is 1.94 bits per heavy atom. The molecule has 0 atom stereocenters. The number of nitrogens with one attached hydrogen (secondary N) is 1. The third kappa shape index (κ3) is 2.03. The highest BCUT2D eigenvalue weighted by atomic mass is 15.0.